The summed E-state index contributed by atoms with van der Waals surface area (Å²) < 4.78 is 48.1. The molecule has 128 valence electrons. The topological polar surface area (TPSA) is 73.6 Å². The van der Waals surface area contributed by atoms with Crippen LogP contribution < -0.4 is 15.8 Å². The molecule has 1 aliphatic heterocycles. The third kappa shape index (κ3) is 4.14. The Balaban J connectivity index is 2.09. The Hall–Kier alpha value is -1.80. The largest absolute Gasteiger partial charge is 0.434 e. The summed E-state index contributed by atoms with van der Waals surface area (Å²) in [5, 5.41) is 2.58. The number of ether oxygens (including phenoxy) is 2. The van der Waals surface area contributed by atoms with Gasteiger partial charge in [0.15, 0.2) is 0 Å². The van der Waals surface area contributed by atoms with Crippen LogP contribution in [0.15, 0.2) is 18.2 Å². The molecule has 3 N–H and O–H groups in total. The fourth-order valence-electron chi connectivity index (χ4n) is 2.56. The highest BCUT2D eigenvalue weighted by Crippen LogP contribution is 2.30. The molecule has 0 spiro atoms. The van der Waals surface area contributed by atoms with Gasteiger partial charge in [0.1, 0.15) is 11.6 Å². The molecule has 0 saturated carbocycles. The quantitative estimate of drug-likeness (QED) is 0.833. The van der Waals surface area contributed by atoms with Gasteiger partial charge in [-0.15, -0.1) is 0 Å². The van der Waals surface area contributed by atoms with Gasteiger partial charge in [-0.1, -0.05) is 6.07 Å². The van der Waals surface area contributed by atoms with E-state index in [0.29, 0.717) is 26.1 Å². The molecular formula is C15H19F3N2O3. The van der Waals surface area contributed by atoms with E-state index >= 15 is 0 Å². The number of amides is 1. The molecule has 1 aromatic rings. The van der Waals surface area contributed by atoms with E-state index in [0.717, 1.165) is 6.07 Å². The maximum Gasteiger partial charge on any atom is 0.387 e. The maximum absolute atomic E-state index is 13.8. The summed E-state index contributed by atoms with van der Waals surface area (Å²) in [5.74, 6) is -1.36. The molecule has 23 heavy (non-hydrogen) atoms. The number of halogens is 3. The first kappa shape index (κ1) is 17.6. The van der Waals surface area contributed by atoms with Crippen molar-refractivity contribution in [1.82, 2.24) is 5.32 Å². The van der Waals surface area contributed by atoms with Gasteiger partial charge in [0.2, 0.25) is 5.91 Å². The fourth-order valence-corrected chi connectivity index (χ4v) is 2.56. The Morgan fingerprint density at radius 1 is 1.39 bits per heavy atom. The number of benzene rings is 1. The van der Waals surface area contributed by atoms with Crippen LogP contribution in [-0.4, -0.2) is 32.3 Å². The lowest BCUT2D eigenvalue weighted by atomic mass is 9.79. The van der Waals surface area contributed by atoms with Crippen LogP contribution in [0.4, 0.5) is 13.2 Å². The van der Waals surface area contributed by atoms with Gasteiger partial charge in [-0.3, -0.25) is 4.79 Å². The summed E-state index contributed by atoms with van der Waals surface area (Å²) in [6, 6.07) is 3.61. The van der Waals surface area contributed by atoms with Crippen LogP contribution in [0.25, 0.3) is 0 Å². The Labute approximate surface area is 131 Å². The predicted molar refractivity (Wildman–Crippen MR) is 76.4 cm³/mol. The zero-order valence-electron chi connectivity index (χ0n) is 12.5. The standard InChI is InChI=1S/C15H19F3N2O3/c16-11-2-1-3-12(23-14(17)18)10(11)8-20-13(21)15(9-19)4-6-22-7-5-15/h1-3,14H,4-9,19H2,(H,20,21). The third-order valence-electron chi connectivity index (χ3n) is 4.04. The molecule has 5 nitrogen and oxygen atoms in total. The SMILES string of the molecule is NCC1(C(=O)NCc2c(F)cccc2OC(F)F)CCOCC1. The van der Waals surface area contributed by atoms with E-state index in [9.17, 15) is 18.0 Å². The monoisotopic (exact) mass is 332 g/mol. The minimum atomic E-state index is -3.07. The summed E-state index contributed by atoms with van der Waals surface area (Å²) in [6.07, 6.45) is 0.931. The predicted octanol–water partition coefficient (Wildman–Crippen LogP) is 1.80. The van der Waals surface area contributed by atoms with Crippen molar-refractivity contribution in [2.24, 2.45) is 11.1 Å². The molecule has 0 unspecified atom stereocenters. The second-order valence-electron chi connectivity index (χ2n) is 5.37. The first-order valence-corrected chi connectivity index (χ1v) is 7.27. The third-order valence-corrected chi connectivity index (χ3v) is 4.04. The summed E-state index contributed by atoms with van der Waals surface area (Å²) in [6.45, 7) is -2.35. The van der Waals surface area contributed by atoms with Crippen molar-refractivity contribution >= 4 is 5.91 Å². The van der Waals surface area contributed by atoms with Gasteiger partial charge in [0.05, 0.1) is 5.41 Å². The smallest absolute Gasteiger partial charge is 0.387 e. The molecule has 0 aromatic heterocycles. The highest BCUT2D eigenvalue weighted by Gasteiger charge is 2.38. The first-order valence-electron chi connectivity index (χ1n) is 7.27. The maximum atomic E-state index is 13.8. The lowest BCUT2D eigenvalue weighted by molar-refractivity contribution is -0.136. The average Bonchev–Trinajstić information content (AvgIpc) is 2.54. The number of alkyl halides is 2. The summed E-state index contributed by atoms with van der Waals surface area (Å²) in [4.78, 5) is 12.4. The van der Waals surface area contributed by atoms with Gasteiger partial charge in [0, 0.05) is 31.9 Å². The number of carbonyl (C=O) groups excluding carboxylic acids is 1. The number of rotatable bonds is 6. The van der Waals surface area contributed by atoms with Crippen molar-refractivity contribution in [3.05, 3.63) is 29.6 Å². The van der Waals surface area contributed by atoms with Crippen LogP contribution in [0.2, 0.25) is 0 Å². The molecule has 0 atom stereocenters. The van der Waals surface area contributed by atoms with Gasteiger partial charge in [-0.05, 0) is 25.0 Å². The lowest BCUT2D eigenvalue weighted by Crippen LogP contribution is -2.49. The second kappa shape index (κ2) is 7.65. The zero-order valence-corrected chi connectivity index (χ0v) is 12.5. The average molecular weight is 332 g/mol. The minimum Gasteiger partial charge on any atom is -0.434 e. The molecule has 1 saturated heterocycles. The van der Waals surface area contributed by atoms with Crippen LogP contribution in [0.5, 0.6) is 5.75 Å². The molecule has 0 aliphatic carbocycles. The van der Waals surface area contributed by atoms with Crippen LogP contribution in [0, 0.1) is 11.2 Å². The molecule has 8 heteroatoms. The highest BCUT2D eigenvalue weighted by molar-refractivity contribution is 5.83. The van der Waals surface area contributed by atoms with E-state index in [2.05, 4.69) is 10.1 Å². The molecule has 1 amide bonds. The van der Waals surface area contributed by atoms with E-state index in [4.69, 9.17) is 10.5 Å². The Morgan fingerprint density at radius 2 is 2.09 bits per heavy atom. The summed E-state index contributed by atoms with van der Waals surface area (Å²) in [7, 11) is 0. The van der Waals surface area contributed by atoms with Crippen molar-refractivity contribution in [3.8, 4) is 5.75 Å². The Kier molecular flexibility index (Phi) is 5.84. The van der Waals surface area contributed by atoms with Gasteiger partial charge in [0.25, 0.3) is 0 Å². The van der Waals surface area contributed by atoms with Crippen molar-refractivity contribution in [2.45, 2.75) is 26.0 Å². The molecule has 0 radical (unpaired) electrons. The molecule has 1 aliphatic rings. The van der Waals surface area contributed by atoms with Crippen molar-refractivity contribution in [3.63, 3.8) is 0 Å². The van der Waals surface area contributed by atoms with Gasteiger partial charge < -0.3 is 20.5 Å². The number of hydrogen-bond donors (Lipinski definition) is 2. The minimum absolute atomic E-state index is 0.125. The van der Waals surface area contributed by atoms with Crippen LogP contribution in [0.3, 0.4) is 0 Å². The van der Waals surface area contributed by atoms with Crippen LogP contribution in [0.1, 0.15) is 18.4 Å². The number of nitrogens with one attached hydrogen (secondary N) is 1. The van der Waals surface area contributed by atoms with Crippen LogP contribution >= 0.6 is 0 Å². The van der Waals surface area contributed by atoms with Gasteiger partial charge >= 0.3 is 6.61 Å². The fraction of sp³-hybridized carbons (Fsp3) is 0.533. The first-order chi connectivity index (χ1) is 11.0. The molecule has 1 aromatic carbocycles. The molecule has 0 bridgehead atoms. The van der Waals surface area contributed by atoms with E-state index in [1.165, 1.54) is 12.1 Å². The summed E-state index contributed by atoms with van der Waals surface area (Å²) in [5.41, 5.74) is 4.82. The van der Waals surface area contributed by atoms with Crippen molar-refractivity contribution in [2.75, 3.05) is 19.8 Å². The number of carbonyl (C=O) groups is 1. The second-order valence-corrected chi connectivity index (χ2v) is 5.37. The lowest BCUT2D eigenvalue weighted by Gasteiger charge is -2.34. The Bertz CT molecular complexity index is 549. The highest BCUT2D eigenvalue weighted by atomic mass is 19.3. The molecule has 1 fully saturated rings. The van der Waals surface area contributed by atoms with E-state index < -0.39 is 17.8 Å². The Morgan fingerprint density at radius 3 is 2.70 bits per heavy atom. The van der Waals surface area contributed by atoms with Gasteiger partial charge in [-0.25, -0.2) is 4.39 Å². The zero-order chi connectivity index (χ0) is 16.9. The van der Waals surface area contributed by atoms with E-state index in [1.54, 1.807) is 0 Å². The van der Waals surface area contributed by atoms with Crippen LogP contribution in [-0.2, 0) is 16.1 Å². The van der Waals surface area contributed by atoms with Crippen molar-refractivity contribution < 1.29 is 27.4 Å². The number of nitrogens with two attached hydrogens (primary N) is 1. The summed E-state index contributed by atoms with van der Waals surface area (Å²) >= 11 is 0. The van der Waals surface area contributed by atoms with E-state index in [-0.39, 0.29) is 30.3 Å². The van der Waals surface area contributed by atoms with E-state index in [1.807, 2.05) is 0 Å². The molecule has 1 heterocycles. The van der Waals surface area contributed by atoms with Gasteiger partial charge in [-0.2, -0.15) is 8.78 Å². The van der Waals surface area contributed by atoms with Crippen molar-refractivity contribution in [1.29, 1.82) is 0 Å². The normalized spacial score (nSPS) is 17.1. The molecular weight excluding hydrogens is 313 g/mol. The molecule has 2 rings (SSSR count). The number of hydrogen-bond acceptors (Lipinski definition) is 4.